The molecule has 0 spiro atoms. The predicted octanol–water partition coefficient (Wildman–Crippen LogP) is 6.45. The summed E-state index contributed by atoms with van der Waals surface area (Å²) in [5.41, 5.74) is -1.19. The van der Waals surface area contributed by atoms with Gasteiger partial charge in [0.1, 0.15) is 17.4 Å². The van der Waals surface area contributed by atoms with E-state index in [9.17, 15) is 31.1 Å². The van der Waals surface area contributed by atoms with Crippen LogP contribution < -0.4 is 4.74 Å². The molecule has 1 heterocycles. The molecule has 1 unspecified atom stereocenters. The number of hydrogen-bond acceptors (Lipinski definition) is 3. The Kier molecular flexibility index (Phi) is 7.08. The summed E-state index contributed by atoms with van der Waals surface area (Å²) in [7, 11) is 0. The number of fused-ring (bicyclic) bond motifs is 1. The fourth-order valence-corrected chi connectivity index (χ4v) is 4.76. The Balaban J connectivity index is 1.48. The van der Waals surface area contributed by atoms with Crippen molar-refractivity contribution in [1.82, 2.24) is 0 Å². The molecule has 0 aromatic heterocycles. The van der Waals surface area contributed by atoms with Gasteiger partial charge in [-0.25, -0.2) is 13.2 Å². The highest BCUT2D eigenvalue weighted by Crippen LogP contribution is 2.36. The van der Waals surface area contributed by atoms with E-state index in [0.717, 1.165) is 56.8 Å². The van der Waals surface area contributed by atoms with Crippen molar-refractivity contribution in [2.45, 2.75) is 57.2 Å². The van der Waals surface area contributed by atoms with Crippen LogP contribution in [0.25, 0.3) is 10.8 Å². The highest BCUT2D eigenvalue weighted by molar-refractivity contribution is 5.87. The van der Waals surface area contributed by atoms with Crippen LogP contribution in [0.2, 0.25) is 0 Å². The Hall–Kier alpha value is -2.73. The second-order valence-corrected chi connectivity index (χ2v) is 8.74. The molecule has 34 heavy (non-hydrogen) atoms. The number of benzene rings is 2. The lowest BCUT2D eigenvalue weighted by atomic mass is 9.78. The number of carbonyl (C=O) groups is 1. The lowest BCUT2D eigenvalue weighted by molar-refractivity contribution is -0.141. The van der Waals surface area contributed by atoms with E-state index in [0.29, 0.717) is 24.8 Å². The van der Waals surface area contributed by atoms with Crippen molar-refractivity contribution in [2.75, 3.05) is 6.61 Å². The smallest absolute Gasteiger partial charge is 0.426 e. The monoisotopic (exact) mass is 484 g/mol. The van der Waals surface area contributed by atoms with Gasteiger partial charge in [-0.15, -0.1) is 0 Å². The number of rotatable bonds is 3. The highest BCUT2D eigenvalue weighted by atomic mass is 19.4. The lowest BCUT2D eigenvalue weighted by Gasteiger charge is -2.35. The zero-order chi connectivity index (χ0) is 24.5. The Morgan fingerprint density at radius 3 is 2.35 bits per heavy atom. The van der Waals surface area contributed by atoms with Crippen LogP contribution >= 0.6 is 0 Å². The van der Waals surface area contributed by atoms with Crippen molar-refractivity contribution in [3.63, 3.8) is 0 Å². The van der Waals surface area contributed by atoms with E-state index in [1.807, 2.05) is 0 Å². The molecule has 1 saturated carbocycles. The van der Waals surface area contributed by atoms with Crippen LogP contribution in [0.5, 0.6) is 5.75 Å². The van der Waals surface area contributed by atoms with Crippen molar-refractivity contribution in [1.29, 1.82) is 0 Å². The first kappa shape index (κ1) is 24.4. The Morgan fingerprint density at radius 2 is 1.71 bits per heavy atom. The van der Waals surface area contributed by atoms with Gasteiger partial charge in [0.25, 0.3) is 0 Å². The minimum Gasteiger partial charge on any atom is -0.426 e. The van der Waals surface area contributed by atoms with Crippen LogP contribution in [-0.2, 0) is 9.53 Å². The van der Waals surface area contributed by atoms with Crippen LogP contribution in [0.1, 0.15) is 50.5 Å². The summed E-state index contributed by atoms with van der Waals surface area (Å²) in [6.45, 7) is 0.762. The molecule has 0 N–H and O–H groups in total. The van der Waals surface area contributed by atoms with Gasteiger partial charge < -0.3 is 9.47 Å². The topological polar surface area (TPSA) is 35.5 Å². The number of carbonyl (C=O) groups excluding carboxylic acids is 1. The molecule has 4 rings (SSSR count). The maximum absolute atomic E-state index is 14.6. The van der Waals surface area contributed by atoms with E-state index in [1.54, 1.807) is 0 Å². The Morgan fingerprint density at radius 1 is 0.971 bits per heavy atom. The predicted molar refractivity (Wildman–Crippen MR) is 111 cm³/mol. The van der Waals surface area contributed by atoms with Gasteiger partial charge in [-0.3, -0.25) is 4.79 Å². The summed E-state index contributed by atoms with van der Waals surface area (Å²) in [5.74, 6) is -2.78. The Bertz CT molecular complexity index is 1130. The number of hydrogen-bond donors (Lipinski definition) is 0. The summed E-state index contributed by atoms with van der Waals surface area (Å²) in [4.78, 5) is 12.6. The van der Waals surface area contributed by atoms with Gasteiger partial charge in [0.2, 0.25) is 0 Å². The minimum atomic E-state index is -4.97. The Labute approximate surface area is 192 Å². The number of ether oxygens (including phenoxy) is 2. The molecule has 2 aliphatic rings. The first-order chi connectivity index (χ1) is 16.1. The van der Waals surface area contributed by atoms with Crippen LogP contribution in [-0.4, -0.2) is 24.9 Å². The molecule has 2 fully saturated rings. The van der Waals surface area contributed by atoms with Gasteiger partial charge in [-0.05, 0) is 68.4 Å². The molecule has 0 amide bonds. The van der Waals surface area contributed by atoms with Crippen LogP contribution in [0.3, 0.4) is 0 Å². The normalized spacial score (nSPS) is 23.3. The van der Waals surface area contributed by atoms with Crippen molar-refractivity contribution >= 4 is 16.7 Å². The van der Waals surface area contributed by atoms with E-state index >= 15 is 0 Å². The molecule has 1 atom stereocenters. The molecule has 2 aromatic carbocycles. The molecule has 0 bridgehead atoms. The number of alkyl halides is 3. The third-order valence-electron chi connectivity index (χ3n) is 6.45. The molecule has 0 radical (unpaired) electrons. The van der Waals surface area contributed by atoms with Gasteiger partial charge in [-0.1, -0.05) is 5.92 Å². The van der Waals surface area contributed by atoms with Gasteiger partial charge in [0.05, 0.1) is 23.0 Å². The van der Waals surface area contributed by atoms with Gasteiger partial charge >= 0.3 is 12.1 Å². The average molecular weight is 484 g/mol. The first-order valence-corrected chi connectivity index (χ1v) is 11.2. The third-order valence-corrected chi connectivity index (χ3v) is 6.45. The average Bonchev–Trinajstić information content (AvgIpc) is 2.78. The second-order valence-electron chi connectivity index (χ2n) is 8.74. The largest absolute Gasteiger partial charge is 0.458 e. The quantitative estimate of drug-likeness (QED) is 0.217. The van der Waals surface area contributed by atoms with E-state index in [4.69, 9.17) is 9.47 Å². The van der Waals surface area contributed by atoms with Crippen LogP contribution in [0.4, 0.5) is 26.3 Å². The van der Waals surface area contributed by atoms with Gasteiger partial charge in [-0.2, -0.15) is 13.2 Å². The molecule has 3 nitrogen and oxygen atoms in total. The fourth-order valence-electron chi connectivity index (χ4n) is 4.76. The minimum absolute atomic E-state index is 0.218. The first-order valence-electron chi connectivity index (χ1n) is 11.2. The maximum atomic E-state index is 14.6. The highest BCUT2D eigenvalue weighted by Gasteiger charge is 2.33. The molecule has 182 valence electrons. The fraction of sp³-hybridized carbons (Fsp3) is 0.480. The van der Waals surface area contributed by atoms with E-state index < -0.39 is 40.5 Å². The molecule has 1 aliphatic carbocycles. The van der Waals surface area contributed by atoms with Crippen molar-refractivity contribution in [3.8, 4) is 17.6 Å². The molecular weight excluding hydrogens is 462 g/mol. The maximum Gasteiger partial charge on any atom is 0.458 e. The van der Waals surface area contributed by atoms with E-state index in [2.05, 4.69) is 0 Å². The van der Waals surface area contributed by atoms with E-state index in [-0.39, 0.29) is 23.2 Å². The van der Waals surface area contributed by atoms with Gasteiger partial charge in [0.15, 0.2) is 5.82 Å². The van der Waals surface area contributed by atoms with Gasteiger partial charge in [0, 0.05) is 18.6 Å². The summed E-state index contributed by atoms with van der Waals surface area (Å²) in [5, 5.41) is -1.03. The van der Waals surface area contributed by atoms with E-state index in [1.165, 1.54) is 5.92 Å². The zero-order valence-corrected chi connectivity index (χ0v) is 18.1. The molecule has 2 aromatic rings. The summed E-state index contributed by atoms with van der Waals surface area (Å²) >= 11 is 0. The molecule has 1 aliphatic heterocycles. The third kappa shape index (κ3) is 5.49. The second kappa shape index (κ2) is 9.87. The van der Waals surface area contributed by atoms with Crippen LogP contribution in [0, 0.1) is 41.1 Å². The van der Waals surface area contributed by atoms with Crippen molar-refractivity contribution in [3.05, 3.63) is 41.2 Å². The van der Waals surface area contributed by atoms with Crippen LogP contribution in [0.15, 0.2) is 18.2 Å². The number of esters is 1. The standard InChI is InChI=1S/C25H22F6O3/c26-19-12-16-11-17(13-20(27)22(16)23(28)18(19)8-9-25(29,30)31)34-24(32)15-6-4-14(5-7-15)21-3-1-2-10-33-21/h11-15,21H,1-7,10H2. The molecular formula is C25H22F6O3. The summed E-state index contributed by atoms with van der Waals surface area (Å²) in [6.07, 6.45) is 1.31. The summed E-state index contributed by atoms with van der Waals surface area (Å²) in [6, 6.07) is 2.49. The zero-order valence-electron chi connectivity index (χ0n) is 18.1. The molecule has 1 saturated heterocycles. The van der Waals surface area contributed by atoms with Crippen molar-refractivity contribution in [2.24, 2.45) is 11.8 Å². The lowest BCUT2D eigenvalue weighted by Crippen LogP contribution is -2.33. The SMILES string of the molecule is O=C(Oc1cc(F)c2c(F)c(C#CC(F)(F)F)c(F)cc2c1)C1CCC(C2CCCCO2)CC1. The number of halogens is 6. The van der Waals surface area contributed by atoms with Crippen molar-refractivity contribution < 1.29 is 40.6 Å². The molecule has 9 heteroatoms. The summed E-state index contributed by atoms with van der Waals surface area (Å²) < 4.78 is 91.4.